The fourth-order valence-corrected chi connectivity index (χ4v) is 2.51. The summed E-state index contributed by atoms with van der Waals surface area (Å²) in [5.74, 6) is 0.346. The fourth-order valence-electron chi connectivity index (χ4n) is 2.51. The van der Waals surface area contributed by atoms with E-state index in [-0.39, 0.29) is 5.95 Å². The summed E-state index contributed by atoms with van der Waals surface area (Å²) in [6.45, 7) is 5.36. The number of halogens is 2. The average molecular weight is 371 g/mol. The van der Waals surface area contributed by atoms with E-state index in [1.165, 1.54) is 12.1 Å². The molecule has 2 heterocycles. The number of hydrogen-bond donors (Lipinski definition) is 3. The standard InChI is InChI=1S/C18H19F2N7/c1-4-5-13-9-16(27-26-13)24-18-23-11(3)22-17(25-18)21-10(2)14-7-6-12(19)8-15(14)20/h4-10H,1-3H3,(H3,21,22,23,24,25,26,27)/b5-4+. The first-order valence-electron chi connectivity index (χ1n) is 8.34. The van der Waals surface area contributed by atoms with Crippen molar-refractivity contribution in [3.8, 4) is 0 Å². The van der Waals surface area contributed by atoms with Crippen molar-refractivity contribution in [2.24, 2.45) is 0 Å². The zero-order chi connectivity index (χ0) is 19.4. The SMILES string of the molecule is C/C=C/c1cc(Nc2nc(C)nc(NC(C)c3ccc(F)cc3F)n2)n[nH]1. The molecule has 0 aliphatic rings. The molecular formula is C18H19F2N7. The number of nitrogens with one attached hydrogen (secondary N) is 3. The number of aryl methyl sites for hydroxylation is 1. The molecule has 1 atom stereocenters. The summed E-state index contributed by atoms with van der Waals surface area (Å²) < 4.78 is 27.0. The molecular weight excluding hydrogens is 352 g/mol. The molecule has 7 nitrogen and oxygen atoms in total. The molecule has 1 unspecified atom stereocenters. The van der Waals surface area contributed by atoms with Crippen LogP contribution in [-0.4, -0.2) is 25.1 Å². The smallest absolute Gasteiger partial charge is 0.233 e. The second kappa shape index (κ2) is 7.90. The quantitative estimate of drug-likeness (QED) is 0.603. The third-order valence-corrected chi connectivity index (χ3v) is 3.71. The van der Waals surface area contributed by atoms with Crippen LogP contribution < -0.4 is 10.6 Å². The van der Waals surface area contributed by atoms with Crippen LogP contribution in [-0.2, 0) is 0 Å². The molecule has 0 radical (unpaired) electrons. The second-order valence-corrected chi connectivity index (χ2v) is 5.90. The van der Waals surface area contributed by atoms with Gasteiger partial charge in [0.2, 0.25) is 11.9 Å². The Hall–Kier alpha value is -3.36. The lowest BCUT2D eigenvalue weighted by atomic mass is 10.1. The van der Waals surface area contributed by atoms with E-state index in [2.05, 4.69) is 35.8 Å². The molecule has 0 spiro atoms. The van der Waals surface area contributed by atoms with Crippen molar-refractivity contribution in [2.45, 2.75) is 26.8 Å². The summed E-state index contributed by atoms with van der Waals surface area (Å²) in [6, 6.07) is 4.79. The van der Waals surface area contributed by atoms with Crippen molar-refractivity contribution in [2.75, 3.05) is 10.6 Å². The molecule has 0 aliphatic carbocycles. The second-order valence-electron chi connectivity index (χ2n) is 5.90. The molecule has 0 saturated carbocycles. The van der Waals surface area contributed by atoms with Crippen LogP contribution in [0.1, 0.15) is 37.0 Å². The van der Waals surface area contributed by atoms with Gasteiger partial charge < -0.3 is 10.6 Å². The predicted molar refractivity (Wildman–Crippen MR) is 99.5 cm³/mol. The van der Waals surface area contributed by atoms with Gasteiger partial charge in [0, 0.05) is 17.7 Å². The number of nitrogens with zero attached hydrogens (tertiary/aromatic N) is 4. The van der Waals surface area contributed by atoms with Gasteiger partial charge in [-0.2, -0.15) is 20.1 Å². The van der Waals surface area contributed by atoms with Gasteiger partial charge in [-0.1, -0.05) is 12.1 Å². The summed E-state index contributed by atoms with van der Waals surface area (Å²) in [5, 5.41) is 13.0. The van der Waals surface area contributed by atoms with Crippen LogP contribution in [0.5, 0.6) is 0 Å². The molecule has 2 aromatic heterocycles. The first kappa shape index (κ1) is 18.4. The Morgan fingerprint density at radius 3 is 2.63 bits per heavy atom. The van der Waals surface area contributed by atoms with Gasteiger partial charge in [0.15, 0.2) is 5.82 Å². The maximum absolute atomic E-state index is 14.0. The molecule has 3 aromatic rings. The first-order chi connectivity index (χ1) is 12.9. The van der Waals surface area contributed by atoms with Crippen molar-refractivity contribution < 1.29 is 8.78 Å². The molecule has 9 heteroatoms. The maximum Gasteiger partial charge on any atom is 0.233 e. The number of aromatic nitrogens is 5. The minimum atomic E-state index is -0.632. The summed E-state index contributed by atoms with van der Waals surface area (Å²) in [7, 11) is 0. The third-order valence-electron chi connectivity index (χ3n) is 3.71. The molecule has 27 heavy (non-hydrogen) atoms. The van der Waals surface area contributed by atoms with E-state index in [0.717, 1.165) is 11.8 Å². The summed E-state index contributed by atoms with van der Waals surface area (Å²) >= 11 is 0. The molecule has 1 aromatic carbocycles. The van der Waals surface area contributed by atoms with E-state index < -0.39 is 17.7 Å². The van der Waals surface area contributed by atoms with Crippen molar-refractivity contribution in [1.82, 2.24) is 25.1 Å². The van der Waals surface area contributed by atoms with Gasteiger partial charge in [-0.25, -0.2) is 8.78 Å². The van der Waals surface area contributed by atoms with Crippen LogP contribution in [0.4, 0.5) is 26.5 Å². The van der Waals surface area contributed by atoms with E-state index in [1.807, 2.05) is 25.1 Å². The number of H-pyrrole nitrogens is 1. The summed E-state index contributed by atoms with van der Waals surface area (Å²) in [5.41, 5.74) is 1.15. The summed E-state index contributed by atoms with van der Waals surface area (Å²) in [4.78, 5) is 12.7. The number of hydrogen-bond acceptors (Lipinski definition) is 6. The monoisotopic (exact) mass is 371 g/mol. The predicted octanol–water partition coefficient (Wildman–Crippen LogP) is 4.13. The Balaban J connectivity index is 1.78. The highest BCUT2D eigenvalue weighted by Gasteiger charge is 2.14. The lowest BCUT2D eigenvalue weighted by molar-refractivity contribution is 0.566. The Bertz CT molecular complexity index is 968. The molecule has 3 N–H and O–H groups in total. The molecule has 3 rings (SSSR count). The highest BCUT2D eigenvalue weighted by Crippen LogP contribution is 2.21. The van der Waals surface area contributed by atoms with E-state index in [9.17, 15) is 8.78 Å². The number of anilines is 3. The van der Waals surface area contributed by atoms with Crippen LogP contribution in [0.2, 0.25) is 0 Å². The molecule has 0 fully saturated rings. The van der Waals surface area contributed by atoms with Gasteiger partial charge in [-0.05, 0) is 32.9 Å². The Morgan fingerprint density at radius 2 is 1.89 bits per heavy atom. The van der Waals surface area contributed by atoms with Crippen LogP contribution in [0.25, 0.3) is 6.08 Å². The maximum atomic E-state index is 14.0. The van der Waals surface area contributed by atoms with Crippen LogP contribution in [0, 0.1) is 18.6 Å². The van der Waals surface area contributed by atoms with Gasteiger partial charge in [-0.15, -0.1) is 0 Å². The van der Waals surface area contributed by atoms with Crippen molar-refractivity contribution in [3.63, 3.8) is 0 Å². The minimum Gasteiger partial charge on any atom is -0.347 e. The largest absolute Gasteiger partial charge is 0.347 e. The van der Waals surface area contributed by atoms with Gasteiger partial charge in [-0.3, -0.25) is 5.10 Å². The number of allylic oxidation sites excluding steroid dienone is 1. The highest BCUT2D eigenvalue weighted by molar-refractivity contribution is 5.55. The normalized spacial score (nSPS) is 12.3. The minimum absolute atomic E-state index is 0.269. The molecule has 0 amide bonds. The van der Waals surface area contributed by atoms with Crippen molar-refractivity contribution in [1.29, 1.82) is 0 Å². The third kappa shape index (κ3) is 4.63. The lowest BCUT2D eigenvalue weighted by Gasteiger charge is -2.15. The summed E-state index contributed by atoms with van der Waals surface area (Å²) in [6.07, 6.45) is 3.77. The van der Waals surface area contributed by atoms with E-state index in [4.69, 9.17) is 0 Å². The van der Waals surface area contributed by atoms with Crippen LogP contribution in [0.15, 0.2) is 30.3 Å². The Kier molecular flexibility index (Phi) is 5.39. The van der Waals surface area contributed by atoms with Crippen molar-refractivity contribution in [3.05, 3.63) is 59.1 Å². The molecule has 0 saturated heterocycles. The molecule has 0 bridgehead atoms. The Morgan fingerprint density at radius 1 is 1.11 bits per heavy atom. The van der Waals surface area contributed by atoms with Crippen LogP contribution in [0.3, 0.4) is 0 Å². The van der Waals surface area contributed by atoms with Gasteiger partial charge in [0.25, 0.3) is 0 Å². The van der Waals surface area contributed by atoms with Gasteiger partial charge in [0.1, 0.15) is 17.5 Å². The van der Waals surface area contributed by atoms with E-state index in [1.54, 1.807) is 13.8 Å². The van der Waals surface area contributed by atoms with Gasteiger partial charge >= 0.3 is 0 Å². The number of benzene rings is 1. The first-order valence-corrected chi connectivity index (χ1v) is 8.34. The van der Waals surface area contributed by atoms with Crippen molar-refractivity contribution >= 4 is 23.8 Å². The lowest BCUT2D eigenvalue weighted by Crippen LogP contribution is -2.13. The molecule has 140 valence electrons. The molecule has 0 aliphatic heterocycles. The number of rotatable bonds is 6. The van der Waals surface area contributed by atoms with E-state index >= 15 is 0 Å². The topological polar surface area (TPSA) is 91.4 Å². The Labute approximate surface area is 155 Å². The van der Waals surface area contributed by atoms with Crippen LogP contribution >= 0.6 is 0 Å². The van der Waals surface area contributed by atoms with E-state index in [0.29, 0.717) is 23.2 Å². The fraction of sp³-hybridized carbons (Fsp3) is 0.222. The average Bonchev–Trinajstić information content (AvgIpc) is 3.01. The zero-order valence-electron chi connectivity index (χ0n) is 15.1. The number of aromatic amines is 1. The highest BCUT2D eigenvalue weighted by atomic mass is 19.1. The van der Waals surface area contributed by atoms with Gasteiger partial charge in [0.05, 0.1) is 11.7 Å². The zero-order valence-corrected chi connectivity index (χ0v) is 15.1.